The van der Waals surface area contributed by atoms with Gasteiger partial charge in [-0.25, -0.2) is 4.39 Å². The standard InChI is InChI=1S/C20H26FN3.ClH/c1-16(22)14-18-8-5-9-19(21)20(18)24-12-10-23(11-13-24)15-17-6-3-2-4-7-17;/h2-9,16H,10-15,22H2,1H3;1H. The summed E-state index contributed by atoms with van der Waals surface area (Å²) in [6.45, 7) is 6.51. The van der Waals surface area contributed by atoms with Crippen molar-refractivity contribution >= 4 is 18.1 Å². The fraction of sp³-hybridized carbons (Fsp3) is 0.400. The molecular formula is C20H27ClFN3. The third-order valence-corrected chi connectivity index (χ3v) is 4.55. The molecule has 0 saturated carbocycles. The smallest absolute Gasteiger partial charge is 0.146 e. The second-order valence-corrected chi connectivity index (χ2v) is 6.68. The van der Waals surface area contributed by atoms with Gasteiger partial charge in [0.1, 0.15) is 5.82 Å². The lowest BCUT2D eigenvalue weighted by molar-refractivity contribution is 0.249. The first-order valence-electron chi connectivity index (χ1n) is 8.67. The Morgan fingerprint density at radius 3 is 2.32 bits per heavy atom. The van der Waals surface area contributed by atoms with E-state index < -0.39 is 0 Å². The van der Waals surface area contributed by atoms with Crippen molar-refractivity contribution in [3.8, 4) is 0 Å². The molecule has 0 aliphatic carbocycles. The fourth-order valence-corrected chi connectivity index (χ4v) is 3.40. The second-order valence-electron chi connectivity index (χ2n) is 6.68. The lowest BCUT2D eigenvalue weighted by atomic mass is 10.0. The van der Waals surface area contributed by atoms with Crippen LogP contribution in [0.15, 0.2) is 48.5 Å². The number of hydrogen-bond donors (Lipinski definition) is 1. The maximum Gasteiger partial charge on any atom is 0.146 e. The van der Waals surface area contributed by atoms with Gasteiger partial charge >= 0.3 is 0 Å². The molecule has 1 unspecified atom stereocenters. The summed E-state index contributed by atoms with van der Waals surface area (Å²) in [4.78, 5) is 4.60. The van der Waals surface area contributed by atoms with E-state index in [0.717, 1.165) is 44.0 Å². The van der Waals surface area contributed by atoms with Gasteiger partial charge < -0.3 is 10.6 Å². The van der Waals surface area contributed by atoms with E-state index in [9.17, 15) is 4.39 Å². The van der Waals surface area contributed by atoms with Gasteiger partial charge in [0.05, 0.1) is 5.69 Å². The molecule has 1 aliphatic rings. The van der Waals surface area contributed by atoms with E-state index >= 15 is 0 Å². The first kappa shape index (κ1) is 19.7. The molecule has 0 spiro atoms. The van der Waals surface area contributed by atoms with Gasteiger partial charge in [-0.2, -0.15) is 0 Å². The molecule has 1 atom stereocenters. The summed E-state index contributed by atoms with van der Waals surface area (Å²) >= 11 is 0. The molecule has 25 heavy (non-hydrogen) atoms. The van der Waals surface area contributed by atoms with E-state index in [1.165, 1.54) is 5.56 Å². The molecule has 2 aromatic rings. The molecular weight excluding hydrogens is 337 g/mol. The minimum Gasteiger partial charge on any atom is -0.366 e. The molecule has 136 valence electrons. The normalized spacial score (nSPS) is 16.4. The molecule has 1 fully saturated rings. The van der Waals surface area contributed by atoms with E-state index in [1.807, 2.05) is 19.1 Å². The predicted octanol–water partition coefficient (Wildman–Crippen LogP) is 3.46. The van der Waals surface area contributed by atoms with Crippen molar-refractivity contribution in [3.63, 3.8) is 0 Å². The maximum absolute atomic E-state index is 14.4. The molecule has 0 radical (unpaired) electrons. The first-order valence-corrected chi connectivity index (χ1v) is 8.67. The van der Waals surface area contributed by atoms with E-state index in [-0.39, 0.29) is 24.3 Å². The summed E-state index contributed by atoms with van der Waals surface area (Å²) in [5.74, 6) is -0.135. The van der Waals surface area contributed by atoms with Crippen molar-refractivity contribution in [1.82, 2.24) is 4.90 Å². The molecule has 0 amide bonds. The van der Waals surface area contributed by atoms with E-state index in [4.69, 9.17) is 5.73 Å². The summed E-state index contributed by atoms with van der Waals surface area (Å²) < 4.78 is 14.4. The van der Waals surface area contributed by atoms with Gasteiger partial charge in [-0.05, 0) is 30.5 Å². The molecule has 0 aromatic heterocycles. The summed E-state index contributed by atoms with van der Waals surface area (Å²) in [5.41, 5.74) is 9.02. The molecule has 2 N–H and O–H groups in total. The Labute approximate surface area is 156 Å². The number of nitrogens with two attached hydrogens (primary N) is 1. The van der Waals surface area contributed by atoms with E-state index in [1.54, 1.807) is 12.1 Å². The highest BCUT2D eigenvalue weighted by Crippen LogP contribution is 2.27. The number of piperazine rings is 1. The van der Waals surface area contributed by atoms with E-state index in [0.29, 0.717) is 6.42 Å². The lowest BCUT2D eigenvalue weighted by Crippen LogP contribution is -2.46. The van der Waals surface area contributed by atoms with Crippen LogP contribution in [0.5, 0.6) is 0 Å². The first-order chi connectivity index (χ1) is 11.6. The average Bonchev–Trinajstić information content (AvgIpc) is 2.57. The van der Waals surface area contributed by atoms with Crippen molar-refractivity contribution in [3.05, 3.63) is 65.5 Å². The molecule has 2 aromatic carbocycles. The molecule has 1 heterocycles. The Hall–Kier alpha value is -1.62. The van der Waals surface area contributed by atoms with Gasteiger partial charge in [-0.1, -0.05) is 42.5 Å². The zero-order valence-electron chi connectivity index (χ0n) is 14.7. The van der Waals surface area contributed by atoms with E-state index in [2.05, 4.69) is 34.1 Å². The van der Waals surface area contributed by atoms with Crippen LogP contribution in [0.1, 0.15) is 18.1 Å². The summed E-state index contributed by atoms with van der Waals surface area (Å²) in [5, 5.41) is 0. The summed E-state index contributed by atoms with van der Waals surface area (Å²) in [7, 11) is 0. The number of anilines is 1. The number of nitrogens with zero attached hydrogens (tertiary/aromatic N) is 2. The average molecular weight is 364 g/mol. The monoisotopic (exact) mass is 363 g/mol. The lowest BCUT2D eigenvalue weighted by Gasteiger charge is -2.37. The Morgan fingerprint density at radius 1 is 1.00 bits per heavy atom. The number of rotatable bonds is 5. The number of halogens is 2. The quantitative estimate of drug-likeness (QED) is 0.883. The molecule has 3 nitrogen and oxygen atoms in total. The van der Waals surface area contributed by atoms with Gasteiger partial charge in [0, 0.05) is 38.8 Å². The zero-order chi connectivity index (χ0) is 16.9. The van der Waals surface area contributed by atoms with Crippen LogP contribution >= 0.6 is 12.4 Å². The van der Waals surface area contributed by atoms with Gasteiger partial charge in [0.2, 0.25) is 0 Å². The summed E-state index contributed by atoms with van der Waals surface area (Å²) in [6.07, 6.45) is 0.706. The zero-order valence-corrected chi connectivity index (χ0v) is 15.5. The molecule has 1 saturated heterocycles. The van der Waals surface area contributed by atoms with Crippen molar-refractivity contribution in [2.24, 2.45) is 5.73 Å². The highest BCUT2D eigenvalue weighted by Gasteiger charge is 2.22. The Kier molecular flexibility index (Phi) is 7.24. The van der Waals surface area contributed by atoms with Crippen LogP contribution in [-0.2, 0) is 13.0 Å². The number of benzene rings is 2. The molecule has 0 bridgehead atoms. The van der Waals surface area contributed by atoms with Gasteiger partial charge in [-0.3, -0.25) is 4.90 Å². The maximum atomic E-state index is 14.4. The SMILES string of the molecule is CC(N)Cc1cccc(F)c1N1CCN(Cc2ccccc2)CC1.Cl. The van der Waals surface area contributed by atoms with Crippen molar-refractivity contribution in [1.29, 1.82) is 0 Å². The van der Waals surface area contributed by atoms with Crippen LogP contribution in [0.3, 0.4) is 0 Å². The minimum absolute atomic E-state index is 0. The van der Waals surface area contributed by atoms with Gasteiger partial charge in [0.25, 0.3) is 0 Å². The van der Waals surface area contributed by atoms with Gasteiger partial charge in [-0.15, -0.1) is 12.4 Å². The van der Waals surface area contributed by atoms with Crippen molar-refractivity contribution in [2.75, 3.05) is 31.1 Å². The second kappa shape index (κ2) is 9.18. The highest BCUT2D eigenvalue weighted by atomic mass is 35.5. The third-order valence-electron chi connectivity index (χ3n) is 4.55. The highest BCUT2D eigenvalue weighted by molar-refractivity contribution is 5.85. The van der Waals surface area contributed by atoms with Gasteiger partial charge in [0.15, 0.2) is 0 Å². The van der Waals surface area contributed by atoms with Crippen molar-refractivity contribution < 1.29 is 4.39 Å². The topological polar surface area (TPSA) is 32.5 Å². The van der Waals surface area contributed by atoms with Crippen LogP contribution in [0.25, 0.3) is 0 Å². The Bertz CT molecular complexity index is 655. The Balaban J connectivity index is 0.00000225. The molecule has 5 heteroatoms. The fourth-order valence-electron chi connectivity index (χ4n) is 3.40. The van der Waals surface area contributed by atoms with Crippen LogP contribution in [0.2, 0.25) is 0 Å². The molecule has 1 aliphatic heterocycles. The van der Waals surface area contributed by atoms with Crippen LogP contribution in [0, 0.1) is 5.82 Å². The van der Waals surface area contributed by atoms with Crippen LogP contribution in [0.4, 0.5) is 10.1 Å². The minimum atomic E-state index is -0.135. The summed E-state index contributed by atoms with van der Waals surface area (Å²) in [6, 6.07) is 15.9. The number of para-hydroxylation sites is 1. The third kappa shape index (κ3) is 5.18. The van der Waals surface area contributed by atoms with Crippen molar-refractivity contribution in [2.45, 2.75) is 25.9 Å². The largest absolute Gasteiger partial charge is 0.366 e. The van der Waals surface area contributed by atoms with Crippen LogP contribution < -0.4 is 10.6 Å². The molecule has 3 rings (SSSR count). The predicted molar refractivity (Wildman–Crippen MR) is 105 cm³/mol. The van der Waals surface area contributed by atoms with Crippen LogP contribution in [-0.4, -0.2) is 37.1 Å². The Morgan fingerprint density at radius 2 is 1.68 bits per heavy atom. The number of hydrogen-bond acceptors (Lipinski definition) is 3.